The van der Waals surface area contributed by atoms with Gasteiger partial charge in [-0.15, -0.1) is 0 Å². The Labute approximate surface area is 66.9 Å². The van der Waals surface area contributed by atoms with E-state index in [9.17, 15) is 4.79 Å². The molecule has 0 fully saturated rings. The Morgan fingerprint density at radius 1 is 1.55 bits per heavy atom. The quantitative estimate of drug-likeness (QED) is 0.267. The summed E-state index contributed by atoms with van der Waals surface area (Å²) < 4.78 is 4.53. The Bertz CT molecular complexity index is 190. The van der Waals surface area contributed by atoms with Crippen molar-refractivity contribution in [3.05, 3.63) is 37.1 Å². The van der Waals surface area contributed by atoms with Gasteiger partial charge in [-0.1, -0.05) is 32.2 Å². The van der Waals surface area contributed by atoms with E-state index in [0.29, 0.717) is 5.57 Å². The number of ether oxygens (including phenoxy) is 1. The average Bonchev–Trinajstić information content (AvgIpc) is 2.00. The predicted molar refractivity (Wildman–Crippen MR) is 44.9 cm³/mol. The number of rotatable bonds is 4. The first kappa shape index (κ1) is 9.69. The van der Waals surface area contributed by atoms with Gasteiger partial charge in [-0.2, -0.15) is 0 Å². The highest BCUT2D eigenvalue weighted by Gasteiger charge is 2.03. The topological polar surface area (TPSA) is 26.3 Å². The molecule has 0 amide bonds. The zero-order valence-electron chi connectivity index (χ0n) is 6.67. The highest BCUT2D eigenvalue weighted by atomic mass is 16.5. The molecule has 0 radical (unpaired) electrons. The van der Waals surface area contributed by atoms with Crippen LogP contribution in [0.2, 0.25) is 0 Å². The van der Waals surface area contributed by atoms with Gasteiger partial charge in [0.25, 0.3) is 0 Å². The van der Waals surface area contributed by atoms with Crippen molar-refractivity contribution in [1.29, 1.82) is 0 Å². The van der Waals surface area contributed by atoms with Crippen LogP contribution in [0, 0.1) is 0 Å². The highest BCUT2D eigenvalue weighted by Crippen LogP contribution is 2.00. The van der Waals surface area contributed by atoms with Crippen molar-refractivity contribution < 1.29 is 9.53 Å². The van der Waals surface area contributed by atoms with Crippen LogP contribution in [0.15, 0.2) is 37.1 Å². The maximum atomic E-state index is 10.9. The molecule has 0 aliphatic rings. The second kappa shape index (κ2) is 5.47. The molecule has 0 aliphatic carbocycles. The maximum Gasteiger partial charge on any atom is 0.342 e. The second-order valence-corrected chi connectivity index (χ2v) is 1.84. The number of carbonyl (C=O) groups is 1. The number of hydrogen-bond donors (Lipinski definition) is 0. The maximum absolute atomic E-state index is 10.9. The van der Waals surface area contributed by atoms with E-state index in [0.717, 1.165) is 12.7 Å². The van der Waals surface area contributed by atoms with Crippen molar-refractivity contribution in [1.82, 2.24) is 0 Å². The summed E-state index contributed by atoms with van der Waals surface area (Å²) in [7, 11) is 0. The lowest BCUT2D eigenvalue weighted by Gasteiger charge is -1.97. The van der Waals surface area contributed by atoms with Gasteiger partial charge in [-0.25, -0.2) is 4.79 Å². The van der Waals surface area contributed by atoms with Gasteiger partial charge in [-0.3, -0.25) is 0 Å². The third kappa shape index (κ3) is 3.40. The standard InChI is InChI=1S/C9H12O2/c1-4-7-8(5-2)9(10)11-6-3/h5-7H,2-4H2,1H3. The molecule has 0 bridgehead atoms. The van der Waals surface area contributed by atoms with Crippen molar-refractivity contribution >= 4 is 5.97 Å². The minimum atomic E-state index is -0.406. The van der Waals surface area contributed by atoms with Crippen LogP contribution >= 0.6 is 0 Å². The fraction of sp³-hybridized carbons (Fsp3) is 0.222. The van der Waals surface area contributed by atoms with E-state index in [2.05, 4.69) is 17.9 Å². The summed E-state index contributed by atoms with van der Waals surface area (Å²) in [5.41, 5.74) is 0.479. The molecule has 0 spiro atoms. The lowest BCUT2D eigenvalue weighted by atomic mass is 10.2. The normalized spacial score (nSPS) is 10.5. The Hall–Kier alpha value is -1.31. The van der Waals surface area contributed by atoms with Crippen molar-refractivity contribution in [2.75, 3.05) is 0 Å². The number of allylic oxidation sites excluding steroid dienone is 1. The minimum absolute atomic E-state index is 0.406. The number of esters is 1. The number of hydrogen-bond acceptors (Lipinski definition) is 2. The van der Waals surface area contributed by atoms with Crippen LogP contribution in [0.25, 0.3) is 0 Å². The van der Waals surface area contributed by atoms with Crippen LogP contribution in [0.5, 0.6) is 0 Å². The summed E-state index contributed by atoms with van der Waals surface area (Å²) in [6.45, 7) is 8.69. The molecule has 0 aromatic carbocycles. The van der Waals surface area contributed by atoms with Crippen LogP contribution in [0.3, 0.4) is 0 Å². The van der Waals surface area contributed by atoms with Crippen molar-refractivity contribution in [2.45, 2.75) is 13.3 Å². The molecule has 2 nitrogen and oxygen atoms in total. The van der Waals surface area contributed by atoms with Gasteiger partial charge in [0.15, 0.2) is 0 Å². The van der Waals surface area contributed by atoms with Crippen LogP contribution in [-0.2, 0) is 9.53 Å². The smallest absolute Gasteiger partial charge is 0.342 e. The van der Waals surface area contributed by atoms with Crippen molar-refractivity contribution in [3.8, 4) is 0 Å². The lowest BCUT2D eigenvalue weighted by molar-refractivity contribution is -0.133. The van der Waals surface area contributed by atoms with E-state index in [4.69, 9.17) is 0 Å². The zero-order chi connectivity index (χ0) is 8.69. The first-order valence-corrected chi connectivity index (χ1v) is 3.40. The van der Waals surface area contributed by atoms with Gasteiger partial charge >= 0.3 is 5.97 Å². The summed E-state index contributed by atoms with van der Waals surface area (Å²) in [6, 6.07) is 0. The first-order valence-electron chi connectivity index (χ1n) is 3.40. The molecule has 0 unspecified atom stereocenters. The summed E-state index contributed by atoms with van der Waals surface area (Å²) in [5.74, 6) is -0.406. The molecular formula is C9H12O2. The SMILES string of the molecule is C=COC(=O)C(C=C)=CCC. The lowest BCUT2D eigenvalue weighted by Crippen LogP contribution is -2.01. The summed E-state index contributed by atoms with van der Waals surface area (Å²) in [5, 5.41) is 0. The summed E-state index contributed by atoms with van der Waals surface area (Å²) in [6.07, 6.45) is 5.11. The third-order valence-electron chi connectivity index (χ3n) is 1.07. The fourth-order valence-corrected chi connectivity index (χ4v) is 0.614. The molecule has 0 aliphatic heterocycles. The monoisotopic (exact) mass is 152 g/mol. The van der Waals surface area contributed by atoms with E-state index in [1.807, 2.05) is 6.92 Å². The predicted octanol–water partition coefficient (Wildman–Crippen LogP) is 2.20. The molecule has 11 heavy (non-hydrogen) atoms. The van der Waals surface area contributed by atoms with E-state index < -0.39 is 5.97 Å². The molecule has 0 aromatic rings. The minimum Gasteiger partial charge on any atom is -0.432 e. The van der Waals surface area contributed by atoms with E-state index in [1.165, 1.54) is 6.08 Å². The average molecular weight is 152 g/mol. The van der Waals surface area contributed by atoms with Gasteiger partial charge in [0.05, 0.1) is 11.8 Å². The molecular weight excluding hydrogens is 140 g/mol. The van der Waals surface area contributed by atoms with Crippen LogP contribution in [0.1, 0.15) is 13.3 Å². The van der Waals surface area contributed by atoms with Crippen LogP contribution in [-0.4, -0.2) is 5.97 Å². The van der Waals surface area contributed by atoms with Crippen molar-refractivity contribution in [2.24, 2.45) is 0 Å². The van der Waals surface area contributed by atoms with E-state index >= 15 is 0 Å². The Morgan fingerprint density at radius 3 is 2.55 bits per heavy atom. The molecule has 0 saturated carbocycles. The van der Waals surface area contributed by atoms with Gasteiger partial charge < -0.3 is 4.74 Å². The highest BCUT2D eigenvalue weighted by molar-refractivity contribution is 5.91. The van der Waals surface area contributed by atoms with E-state index in [-0.39, 0.29) is 0 Å². The second-order valence-electron chi connectivity index (χ2n) is 1.84. The fourth-order valence-electron chi connectivity index (χ4n) is 0.614. The molecule has 0 aromatic heterocycles. The largest absolute Gasteiger partial charge is 0.432 e. The van der Waals surface area contributed by atoms with Crippen LogP contribution in [0.4, 0.5) is 0 Å². The molecule has 0 saturated heterocycles. The van der Waals surface area contributed by atoms with Crippen LogP contribution < -0.4 is 0 Å². The Morgan fingerprint density at radius 2 is 2.18 bits per heavy atom. The van der Waals surface area contributed by atoms with Gasteiger partial charge in [-0.05, 0) is 6.42 Å². The molecule has 0 N–H and O–H groups in total. The van der Waals surface area contributed by atoms with Gasteiger partial charge in [0.2, 0.25) is 0 Å². The zero-order valence-corrected chi connectivity index (χ0v) is 6.67. The molecule has 0 heterocycles. The number of carbonyl (C=O) groups excluding carboxylic acids is 1. The summed E-state index contributed by atoms with van der Waals surface area (Å²) in [4.78, 5) is 10.9. The van der Waals surface area contributed by atoms with E-state index in [1.54, 1.807) is 6.08 Å². The molecule has 60 valence electrons. The Balaban J connectivity index is 4.25. The Kier molecular flexibility index (Phi) is 4.82. The van der Waals surface area contributed by atoms with Gasteiger partial charge in [0, 0.05) is 0 Å². The summed E-state index contributed by atoms with van der Waals surface area (Å²) >= 11 is 0. The van der Waals surface area contributed by atoms with Gasteiger partial charge in [0.1, 0.15) is 0 Å². The molecule has 0 atom stereocenters. The van der Waals surface area contributed by atoms with Crippen molar-refractivity contribution in [3.63, 3.8) is 0 Å². The molecule has 0 rings (SSSR count). The first-order chi connectivity index (χ1) is 5.26. The molecule has 2 heteroatoms. The third-order valence-corrected chi connectivity index (χ3v) is 1.07.